The summed E-state index contributed by atoms with van der Waals surface area (Å²) in [4.78, 5) is 19.5. The molecule has 2 aromatic rings. The molecule has 1 aromatic carbocycles. The maximum Gasteiger partial charge on any atom is 0.418 e. The Morgan fingerprint density at radius 1 is 1.25 bits per heavy atom. The molecule has 0 saturated heterocycles. The monoisotopic (exact) mass is 358 g/mol. The third-order valence-corrected chi connectivity index (χ3v) is 3.22. The number of rotatable bonds is 5. The molecular weight excluding hydrogens is 345 g/mol. The zero-order valence-corrected chi connectivity index (χ0v) is 13.4. The highest BCUT2D eigenvalue weighted by atomic mass is 35.5. The molecule has 0 unspecified atom stereocenters. The molecule has 0 atom stereocenters. The average molecular weight is 359 g/mol. The Morgan fingerprint density at radius 2 is 1.92 bits per heavy atom. The van der Waals surface area contributed by atoms with Gasteiger partial charge in [0, 0.05) is 24.0 Å². The van der Waals surface area contributed by atoms with Crippen molar-refractivity contribution < 1.29 is 18.0 Å². The lowest BCUT2D eigenvalue weighted by Crippen LogP contribution is -2.24. The fraction of sp³-hybridized carbons (Fsp3) is 0.267. The van der Waals surface area contributed by atoms with E-state index in [9.17, 15) is 18.0 Å². The van der Waals surface area contributed by atoms with Gasteiger partial charge in [0.1, 0.15) is 0 Å². The van der Waals surface area contributed by atoms with Crippen LogP contribution in [0, 0.1) is 0 Å². The lowest BCUT2D eigenvalue weighted by molar-refractivity contribution is -0.136. The fourth-order valence-electron chi connectivity index (χ4n) is 1.83. The van der Waals surface area contributed by atoms with Crippen LogP contribution in [0.2, 0.25) is 5.02 Å². The second-order valence-electron chi connectivity index (χ2n) is 4.86. The van der Waals surface area contributed by atoms with Crippen molar-refractivity contribution in [2.75, 3.05) is 11.9 Å². The highest BCUT2D eigenvalue weighted by Gasteiger charge is 2.34. The first-order valence-electron chi connectivity index (χ1n) is 7.05. The third-order valence-electron chi connectivity index (χ3n) is 2.98. The van der Waals surface area contributed by atoms with Gasteiger partial charge >= 0.3 is 6.18 Å². The quantitative estimate of drug-likeness (QED) is 0.846. The fourth-order valence-corrected chi connectivity index (χ4v) is 2.00. The van der Waals surface area contributed by atoms with Crippen LogP contribution in [0.3, 0.4) is 0 Å². The summed E-state index contributed by atoms with van der Waals surface area (Å²) in [6.07, 6.45) is -1.32. The minimum absolute atomic E-state index is 0.0308. The molecule has 9 heteroatoms. The molecule has 0 aliphatic heterocycles. The Kier molecular flexibility index (Phi) is 5.61. The minimum Gasteiger partial charge on any atom is -0.352 e. The average Bonchev–Trinajstić information content (AvgIpc) is 2.54. The Bertz CT molecular complexity index is 720. The number of alkyl halides is 3. The molecule has 0 aliphatic carbocycles. The van der Waals surface area contributed by atoms with Crippen molar-refractivity contribution in [3.63, 3.8) is 0 Å². The molecular formula is C15H14ClF3N4O. The normalized spacial score (nSPS) is 11.2. The van der Waals surface area contributed by atoms with Crippen molar-refractivity contribution in [1.29, 1.82) is 0 Å². The first-order chi connectivity index (χ1) is 11.3. The van der Waals surface area contributed by atoms with E-state index in [1.54, 1.807) is 0 Å². The number of nitrogens with zero attached hydrogens (tertiary/aromatic N) is 2. The molecule has 2 N–H and O–H groups in total. The van der Waals surface area contributed by atoms with Gasteiger partial charge in [0.2, 0.25) is 5.95 Å². The van der Waals surface area contributed by atoms with Crippen LogP contribution < -0.4 is 10.6 Å². The van der Waals surface area contributed by atoms with Gasteiger partial charge in [-0.05, 0) is 24.6 Å². The zero-order valence-electron chi connectivity index (χ0n) is 12.6. The standard InChI is InChI=1S/C15H14ClF3N4O/c1-2-5-20-13(24)9-7-21-14(22-8-9)23-12-4-3-10(16)6-11(12)15(17,18)19/h3-4,6-8H,2,5H2,1H3,(H,20,24)(H,21,22,23). The van der Waals surface area contributed by atoms with Crippen molar-refractivity contribution in [2.45, 2.75) is 19.5 Å². The van der Waals surface area contributed by atoms with Crippen LogP contribution in [0.25, 0.3) is 0 Å². The summed E-state index contributed by atoms with van der Waals surface area (Å²) in [5.41, 5.74) is -0.931. The van der Waals surface area contributed by atoms with Gasteiger partial charge in [-0.25, -0.2) is 9.97 Å². The predicted octanol–water partition coefficient (Wildman–Crippen LogP) is 4.03. The van der Waals surface area contributed by atoms with E-state index >= 15 is 0 Å². The van der Waals surface area contributed by atoms with Crippen molar-refractivity contribution in [3.05, 3.63) is 46.7 Å². The largest absolute Gasteiger partial charge is 0.418 e. The van der Waals surface area contributed by atoms with E-state index in [1.165, 1.54) is 24.5 Å². The van der Waals surface area contributed by atoms with Crippen LogP contribution in [-0.2, 0) is 6.18 Å². The number of aromatic nitrogens is 2. The van der Waals surface area contributed by atoms with E-state index in [4.69, 9.17) is 11.6 Å². The number of carbonyl (C=O) groups excluding carboxylic acids is 1. The molecule has 2 rings (SSSR count). The molecule has 0 spiro atoms. The number of halogens is 4. The van der Waals surface area contributed by atoms with Crippen LogP contribution >= 0.6 is 11.6 Å². The number of hydrogen-bond acceptors (Lipinski definition) is 4. The summed E-state index contributed by atoms with van der Waals surface area (Å²) < 4.78 is 39.1. The Labute approximate surface area is 141 Å². The highest BCUT2D eigenvalue weighted by molar-refractivity contribution is 6.30. The maximum atomic E-state index is 13.0. The molecule has 0 bridgehead atoms. The van der Waals surface area contributed by atoms with E-state index in [2.05, 4.69) is 20.6 Å². The maximum absolute atomic E-state index is 13.0. The summed E-state index contributed by atoms with van der Waals surface area (Å²) in [7, 11) is 0. The van der Waals surface area contributed by atoms with E-state index in [-0.39, 0.29) is 28.1 Å². The number of amides is 1. The van der Waals surface area contributed by atoms with Crippen LogP contribution in [0.15, 0.2) is 30.6 Å². The number of benzene rings is 1. The third kappa shape index (κ3) is 4.58. The number of carbonyl (C=O) groups is 1. The molecule has 24 heavy (non-hydrogen) atoms. The highest BCUT2D eigenvalue weighted by Crippen LogP contribution is 2.37. The van der Waals surface area contributed by atoms with Crippen LogP contribution in [0.4, 0.5) is 24.8 Å². The van der Waals surface area contributed by atoms with Crippen molar-refractivity contribution in [1.82, 2.24) is 15.3 Å². The zero-order chi connectivity index (χ0) is 17.7. The first kappa shape index (κ1) is 18.0. The lowest BCUT2D eigenvalue weighted by atomic mass is 10.1. The lowest BCUT2D eigenvalue weighted by Gasteiger charge is -2.14. The molecule has 0 aliphatic rings. The first-order valence-corrected chi connectivity index (χ1v) is 7.43. The Hall–Kier alpha value is -2.35. The number of nitrogens with one attached hydrogen (secondary N) is 2. The van der Waals surface area contributed by atoms with Crippen LogP contribution in [0.1, 0.15) is 29.3 Å². The Morgan fingerprint density at radius 3 is 2.50 bits per heavy atom. The predicted molar refractivity (Wildman–Crippen MR) is 84.4 cm³/mol. The molecule has 5 nitrogen and oxygen atoms in total. The van der Waals surface area contributed by atoms with Gasteiger partial charge < -0.3 is 10.6 Å². The number of hydrogen-bond donors (Lipinski definition) is 2. The van der Waals surface area contributed by atoms with Gasteiger partial charge in [0.25, 0.3) is 5.91 Å². The summed E-state index contributed by atoms with van der Waals surface area (Å²) in [5.74, 6) is -0.402. The van der Waals surface area contributed by atoms with Gasteiger partial charge in [-0.2, -0.15) is 13.2 Å². The Balaban J connectivity index is 2.19. The van der Waals surface area contributed by atoms with E-state index in [0.717, 1.165) is 12.5 Å². The number of anilines is 2. The van der Waals surface area contributed by atoms with Gasteiger partial charge in [-0.3, -0.25) is 4.79 Å². The topological polar surface area (TPSA) is 66.9 Å². The minimum atomic E-state index is -4.58. The van der Waals surface area contributed by atoms with Crippen molar-refractivity contribution in [2.24, 2.45) is 0 Å². The van der Waals surface area contributed by atoms with E-state index in [1.807, 2.05) is 6.92 Å². The van der Waals surface area contributed by atoms with Gasteiger partial charge in [0.05, 0.1) is 16.8 Å². The van der Waals surface area contributed by atoms with E-state index < -0.39 is 11.7 Å². The summed E-state index contributed by atoms with van der Waals surface area (Å²) in [5, 5.41) is 5.10. The molecule has 1 amide bonds. The van der Waals surface area contributed by atoms with Gasteiger partial charge in [0.15, 0.2) is 0 Å². The SMILES string of the molecule is CCCNC(=O)c1cnc(Nc2ccc(Cl)cc2C(F)(F)F)nc1. The van der Waals surface area contributed by atoms with Crippen LogP contribution in [0.5, 0.6) is 0 Å². The molecule has 128 valence electrons. The summed E-state index contributed by atoms with van der Waals surface area (Å²) in [6.45, 7) is 2.42. The molecule has 1 aromatic heterocycles. The molecule has 0 saturated carbocycles. The smallest absolute Gasteiger partial charge is 0.352 e. The van der Waals surface area contributed by atoms with Crippen LogP contribution in [-0.4, -0.2) is 22.4 Å². The summed E-state index contributed by atoms with van der Waals surface area (Å²) in [6, 6.07) is 3.33. The van der Waals surface area contributed by atoms with Gasteiger partial charge in [-0.15, -0.1) is 0 Å². The van der Waals surface area contributed by atoms with Gasteiger partial charge in [-0.1, -0.05) is 18.5 Å². The van der Waals surface area contributed by atoms with E-state index in [0.29, 0.717) is 6.54 Å². The summed E-state index contributed by atoms with van der Waals surface area (Å²) >= 11 is 5.62. The molecule has 1 heterocycles. The van der Waals surface area contributed by atoms with Crippen molar-refractivity contribution >= 4 is 29.1 Å². The molecule has 0 fully saturated rings. The second kappa shape index (κ2) is 7.48. The molecule has 0 radical (unpaired) electrons. The van der Waals surface area contributed by atoms with Crippen molar-refractivity contribution in [3.8, 4) is 0 Å². The second-order valence-corrected chi connectivity index (χ2v) is 5.30.